The van der Waals surface area contributed by atoms with E-state index >= 15 is 0 Å². The number of alkyl halides is 3. The van der Waals surface area contributed by atoms with Gasteiger partial charge in [-0.15, -0.1) is 23.7 Å². The molecule has 228 valence electrons. The molecular weight excluding hydrogens is 615 g/mol. The van der Waals surface area contributed by atoms with Crippen LogP contribution in [-0.4, -0.2) is 84.7 Å². The van der Waals surface area contributed by atoms with Gasteiger partial charge < -0.3 is 20.6 Å². The van der Waals surface area contributed by atoms with Crippen molar-refractivity contribution in [1.82, 2.24) is 15.3 Å². The zero-order valence-electron chi connectivity index (χ0n) is 23.0. The number of nitrogens with one attached hydrogen (secondary N) is 2. The third kappa shape index (κ3) is 7.19. The smallest absolute Gasteiger partial charge is 0.391 e. The Kier molecular flexibility index (Phi) is 9.47. The van der Waals surface area contributed by atoms with E-state index in [1.165, 1.54) is 6.07 Å². The van der Waals surface area contributed by atoms with Crippen molar-refractivity contribution in [3.05, 3.63) is 46.3 Å². The Labute approximate surface area is 251 Å². The Morgan fingerprint density at radius 1 is 1.19 bits per heavy atom. The van der Waals surface area contributed by atoms with Crippen LogP contribution in [0.2, 0.25) is 0 Å². The zero-order chi connectivity index (χ0) is 29.5. The minimum absolute atomic E-state index is 0. The van der Waals surface area contributed by atoms with Crippen LogP contribution in [0.4, 0.5) is 24.9 Å². The molecular formula is C26H32ClF3N7O3S2+. The molecule has 1 fully saturated rings. The lowest BCUT2D eigenvalue weighted by Crippen LogP contribution is -2.38. The van der Waals surface area contributed by atoms with Gasteiger partial charge >= 0.3 is 16.2 Å². The molecule has 3 N–H and O–H groups in total. The van der Waals surface area contributed by atoms with Crippen LogP contribution in [0.1, 0.15) is 34.8 Å². The molecule has 3 heterocycles. The molecule has 1 saturated carbocycles. The predicted molar refractivity (Wildman–Crippen MR) is 161 cm³/mol. The molecule has 10 nitrogen and oxygen atoms in total. The van der Waals surface area contributed by atoms with Crippen molar-refractivity contribution < 1.29 is 30.8 Å². The number of sulfonamides is 1. The Morgan fingerprint density at radius 2 is 1.90 bits per heavy atom. The summed E-state index contributed by atoms with van der Waals surface area (Å²) in [4.78, 5) is 11.3. The largest absolute Gasteiger partial charge is 0.393 e. The number of nitrogens with zero attached hydrogens (tertiary/aromatic N) is 5. The highest BCUT2D eigenvalue weighted by Gasteiger charge is 2.37. The molecule has 0 spiro atoms. The van der Waals surface area contributed by atoms with Crippen molar-refractivity contribution in [2.24, 2.45) is 5.10 Å². The topological polar surface area (TPSA) is 123 Å². The van der Waals surface area contributed by atoms with Crippen molar-refractivity contribution in [2.45, 2.75) is 56.1 Å². The van der Waals surface area contributed by atoms with Gasteiger partial charge in [0.2, 0.25) is 12.2 Å². The summed E-state index contributed by atoms with van der Waals surface area (Å²) in [5, 5.41) is 21.8. The number of fused-ring (bicyclic) bond motifs is 1. The second kappa shape index (κ2) is 12.4. The van der Waals surface area contributed by atoms with Gasteiger partial charge in [0.15, 0.2) is 0 Å². The number of aliphatic hydroxyl groups is 1. The molecule has 0 radical (unpaired) electrons. The first kappa shape index (κ1) is 32.1. The molecule has 4 atom stereocenters. The number of hydrogen-bond donors (Lipinski definition) is 3. The summed E-state index contributed by atoms with van der Waals surface area (Å²) in [6.07, 6.45) is -0.647. The number of likely N-dealkylation sites (N-methyl/N-ethyl adjacent to an activating group) is 1. The van der Waals surface area contributed by atoms with Crippen molar-refractivity contribution in [2.75, 3.05) is 30.6 Å². The highest BCUT2D eigenvalue weighted by atomic mass is 35.5. The van der Waals surface area contributed by atoms with Gasteiger partial charge in [0.05, 0.1) is 30.2 Å². The third-order valence-electron chi connectivity index (χ3n) is 7.28. The molecule has 5 rings (SSSR count). The average molecular weight is 647 g/mol. The monoisotopic (exact) mass is 646 g/mol. The molecule has 1 aliphatic heterocycles. The van der Waals surface area contributed by atoms with Gasteiger partial charge in [0, 0.05) is 40.8 Å². The second-order valence-electron chi connectivity index (χ2n) is 10.4. The van der Waals surface area contributed by atoms with E-state index in [0.29, 0.717) is 41.4 Å². The summed E-state index contributed by atoms with van der Waals surface area (Å²) < 4.78 is 63.4. The number of hydrazone groups is 1. The normalized spacial score (nSPS) is 22.3. The summed E-state index contributed by atoms with van der Waals surface area (Å²) in [6, 6.07) is 9.02. The minimum atomic E-state index is -4.32. The van der Waals surface area contributed by atoms with E-state index in [1.807, 2.05) is 29.2 Å². The number of hydrogen-bond acceptors (Lipinski definition) is 10. The quantitative estimate of drug-likeness (QED) is 0.302. The molecule has 1 aromatic carbocycles. The number of halogens is 4. The highest BCUT2D eigenvalue weighted by Crippen LogP contribution is 2.37. The first-order valence-electron chi connectivity index (χ1n) is 13.0. The lowest BCUT2D eigenvalue weighted by atomic mass is 10.0. The van der Waals surface area contributed by atoms with Gasteiger partial charge in [-0.05, 0) is 30.0 Å². The van der Waals surface area contributed by atoms with Gasteiger partial charge in [-0.2, -0.15) is 26.6 Å². The fraction of sp³-hybridized carbons (Fsp3) is 0.462. The average Bonchev–Trinajstić information content (AvgIpc) is 3.63. The van der Waals surface area contributed by atoms with Crippen LogP contribution < -0.4 is 15.5 Å². The van der Waals surface area contributed by atoms with Crippen LogP contribution in [0.15, 0.2) is 35.4 Å². The van der Waals surface area contributed by atoms with Crippen LogP contribution in [0, 0.1) is 0 Å². The summed E-state index contributed by atoms with van der Waals surface area (Å²) in [6.45, 7) is 0.568. The standard InChI is InChI=1S/C26H31F3N7O3S2.ClH/c1-30-25-33-23(20-10-19(11-26(27,28)29)40-24(20)34-25)35(2)21-8-18(9-22(21)37)31-12-15-4-6-16(7-5-15)17-13-32-36(14-17)41(3,38)39;/h4-7,10,13-14,17-18,21-22,31,37H,8-9,11-12H2,1-3H3,(H,30,33,34);1H/q+1;/t17?,18-,21+,22-;/m1./s1. The number of thiophene rings is 1. The summed E-state index contributed by atoms with van der Waals surface area (Å²) in [5.41, 5.74) is 1.95. The van der Waals surface area contributed by atoms with E-state index in [1.54, 1.807) is 26.5 Å². The van der Waals surface area contributed by atoms with Crippen LogP contribution in [-0.2, 0) is 23.0 Å². The molecule has 2 aliphatic rings. The zero-order valence-corrected chi connectivity index (χ0v) is 25.5. The lowest BCUT2D eigenvalue weighted by molar-refractivity contribution is -0.360. The molecule has 0 amide bonds. The van der Waals surface area contributed by atoms with Crippen LogP contribution >= 0.6 is 23.7 Å². The summed E-state index contributed by atoms with van der Waals surface area (Å²) in [5.74, 6) is 0.555. The first-order valence-corrected chi connectivity index (χ1v) is 15.6. The molecule has 0 saturated heterocycles. The molecule has 1 unspecified atom stereocenters. The number of aromatic nitrogens is 2. The highest BCUT2D eigenvalue weighted by molar-refractivity contribution is 7.84. The molecule has 3 aromatic rings. The van der Waals surface area contributed by atoms with E-state index < -0.39 is 28.7 Å². The Balaban J connectivity index is 0.00000405. The van der Waals surface area contributed by atoms with E-state index in [4.69, 9.17) is 0 Å². The van der Waals surface area contributed by atoms with Gasteiger partial charge in [-0.1, -0.05) is 24.3 Å². The Bertz CT molecular complexity index is 1600. The van der Waals surface area contributed by atoms with Gasteiger partial charge in [0.25, 0.3) is 0 Å². The fourth-order valence-corrected chi connectivity index (χ4v) is 6.83. The molecule has 16 heteroatoms. The van der Waals surface area contributed by atoms with Crippen LogP contribution in [0.5, 0.6) is 0 Å². The van der Waals surface area contributed by atoms with Gasteiger partial charge in [-0.25, -0.2) is 4.98 Å². The van der Waals surface area contributed by atoms with Crippen molar-refractivity contribution in [1.29, 1.82) is 0 Å². The summed E-state index contributed by atoms with van der Waals surface area (Å²) >= 11 is 0.994. The molecule has 2 aromatic heterocycles. The fourth-order valence-electron chi connectivity index (χ4n) is 5.20. The number of benzene rings is 1. The molecule has 1 aliphatic carbocycles. The third-order valence-corrected chi connectivity index (χ3v) is 9.20. The van der Waals surface area contributed by atoms with E-state index in [-0.39, 0.29) is 35.3 Å². The SMILES string of the molecule is CNc1nc(N(C)[C@H]2C[C@@H](NCc3ccc(C4C=N[N+](S(C)(=O)=O)=C4)cc3)C[C@H]2O)c2cc(CC(F)(F)F)sc2n1.Cl. The summed E-state index contributed by atoms with van der Waals surface area (Å²) in [7, 11) is 0.0183. The maximum absolute atomic E-state index is 13.0. The minimum Gasteiger partial charge on any atom is -0.391 e. The Morgan fingerprint density at radius 3 is 2.52 bits per heavy atom. The first-order chi connectivity index (χ1) is 19.3. The molecule has 0 bridgehead atoms. The number of aliphatic hydroxyl groups excluding tert-OH is 1. The number of anilines is 2. The molecule has 42 heavy (non-hydrogen) atoms. The maximum Gasteiger partial charge on any atom is 0.393 e. The number of rotatable bonds is 9. The van der Waals surface area contributed by atoms with Crippen LogP contribution in [0.3, 0.4) is 0 Å². The van der Waals surface area contributed by atoms with E-state index in [9.17, 15) is 26.7 Å². The lowest BCUT2D eigenvalue weighted by Gasteiger charge is -2.29. The van der Waals surface area contributed by atoms with Crippen molar-refractivity contribution >= 4 is 68.2 Å². The maximum atomic E-state index is 13.0. The van der Waals surface area contributed by atoms with Crippen molar-refractivity contribution in [3.8, 4) is 0 Å². The van der Waals surface area contributed by atoms with Crippen molar-refractivity contribution in [3.63, 3.8) is 0 Å². The van der Waals surface area contributed by atoms with E-state index in [2.05, 4.69) is 25.7 Å². The Hall–Kier alpha value is -2.85. The van der Waals surface area contributed by atoms with Gasteiger partial charge in [-0.3, -0.25) is 0 Å². The van der Waals surface area contributed by atoms with E-state index in [0.717, 1.165) is 32.8 Å². The van der Waals surface area contributed by atoms with Gasteiger partial charge in [0.1, 0.15) is 22.8 Å². The predicted octanol–water partition coefficient (Wildman–Crippen LogP) is 3.50. The van der Waals surface area contributed by atoms with Crippen LogP contribution in [0.25, 0.3) is 10.2 Å². The second-order valence-corrected chi connectivity index (χ2v) is 13.3.